The Kier molecular flexibility index (Phi) is 2.85. The number of benzene rings is 1. The third-order valence-corrected chi connectivity index (χ3v) is 1.89. The van der Waals surface area contributed by atoms with Crippen molar-refractivity contribution in [1.29, 1.82) is 0 Å². The van der Waals surface area contributed by atoms with Gasteiger partial charge >= 0.3 is 0 Å². The van der Waals surface area contributed by atoms with Gasteiger partial charge in [-0.2, -0.15) is 0 Å². The molecule has 0 aromatic heterocycles. The van der Waals surface area contributed by atoms with E-state index >= 15 is 0 Å². The smallest absolute Gasteiger partial charge is 0.0948 e. The van der Waals surface area contributed by atoms with Crippen LogP contribution in [-0.2, 0) is 6.42 Å². The molecule has 1 aromatic rings. The highest BCUT2D eigenvalue weighted by Gasteiger charge is 2.17. The van der Waals surface area contributed by atoms with E-state index in [1.165, 1.54) is 5.56 Å². The highest BCUT2D eigenvalue weighted by atomic mass is 19.1. The first-order valence-electron chi connectivity index (χ1n) is 4.24. The Balaban J connectivity index is 2.64. The summed E-state index contributed by atoms with van der Waals surface area (Å²) >= 11 is 0. The van der Waals surface area contributed by atoms with Crippen molar-refractivity contribution in [2.75, 3.05) is 6.67 Å². The molecule has 0 aliphatic rings. The van der Waals surface area contributed by atoms with E-state index in [0.717, 1.165) is 6.42 Å². The normalized spacial score (nSPS) is 11.6. The molecule has 0 radical (unpaired) electrons. The van der Waals surface area contributed by atoms with Crippen molar-refractivity contribution in [1.82, 2.24) is 0 Å². The Morgan fingerprint density at radius 3 is 2.25 bits per heavy atom. The molecule has 0 saturated carbocycles. The Labute approximate surface area is 73.4 Å². The van der Waals surface area contributed by atoms with Gasteiger partial charge in [0.2, 0.25) is 0 Å². The van der Waals surface area contributed by atoms with Crippen molar-refractivity contribution in [2.45, 2.75) is 20.3 Å². The van der Waals surface area contributed by atoms with E-state index in [1.54, 1.807) is 0 Å². The lowest BCUT2D eigenvalue weighted by Crippen LogP contribution is -2.17. The number of halogens is 1. The zero-order valence-electron chi connectivity index (χ0n) is 7.68. The zero-order chi connectivity index (χ0) is 9.03. The van der Waals surface area contributed by atoms with Gasteiger partial charge in [-0.25, -0.2) is 0 Å². The molecule has 0 fully saturated rings. The number of hydrogen-bond donors (Lipinski definition) is 0. The minimum Gasteiger partial charge on any atom is -0.251 e. The summed E-state index contributed by atoms with van der Waals surface area (Å²) in [5.74, 6) is 0. The van der Waals surface area contributed by atoms with Crippen molar-refractivity contribution >= 4 is 0 Å². The first kappa shape index (κ1) is 9.24. The summed E-state index contributed by atoms with van der Waals surface area (Å²) in [6, 6.07) is 10.0. The third-order valence-electron chi connectivity index (χ3n) is 1.89. The van der Waals surface area contributed by atoms with E-state index in [1.807, 2.05) is 44.2 Å². The Bertz CT molecular complexity index is 226. The average Bonchev–Trinajstić information content (AvgIpc) is 2.06. The molecule has 0 amide bonds. The Hall–Kier alpha value is -0.850. The molecule has 1 rings (SSSR count). The molecular weight excluding hydrogens is 151 g/mol. The summed E-state index contributed by atoms with van der Waals surface area (Å²) in [7, 11) is 0. The maximum absolute atomic E-state index is 12.5. The summed E-state index contributed by atoms with van der Waals surface area (Å²) in [5.41, 5.74) is 0.988. The Morgan fingerprint density at radius 1 is 1.17 bits per heavy atom. The zero-order valence-corrected chi connectivity index (χ0v) is 7.68. The van der Waals surface area contributed by atoms with Gasteiger partial charge in [-0.3, -0.25) is 4.39 Å². The fourth-order valence-corrected chi connectivity index (χ4v) is 1.20. The van der Waals surface area contributed by atoms with Crippen molar-refractivity contribution in [3.05, 3.63) is 35.9 Å². The second-order valence-electron chi connectivity index (χ2n) is 3.96. The maximum atomic E-state index is 12.5. The SMILES string of the molecule is CC(C)(CF)Cc1ccccc1. The Morgan fingerprint density at radius 2 is 1.75 bits per heavy atom. The van der Waals surface area contributed by atoms with Crippen LogP contribution in [0.1, 0.15) is 19.4 Å². The fourth-order valence-electron chi connectivity index (χ4n) is 1.20. The van der Waals surface area contributed by atoms with Gasteiger partial charge in [0.15, 0.2) is 0 Å². The molecule has 12 heavy (non-hydrogen) atoms. The first-order chi connectivity index (χ1) is 5.64. The minimum atomic E-state index is -0.262. The van der Waals surface area contributed by atoms with Gasteiger partial charge in [0.05, 0.1) is 6.67 Å². The molecule has 0 aliphatic heterocycles. The number of alkyl halides is 1. The van der Waals surface area contributed by atoms with Gasteiger partial charge in [-0.1, -0.05) is 44.2 Å². The summed E-state index contributed by atoms with van der Waals surface area (Å²) in [5, 5.41) is 0. The van der Waals surface area contributed by atoms with Crippen LogP contribution >= 0.6 is 0 Å². The van der Waals surface area contributed by atoms with Gasteiger partial charge in [0.25, 0.3) is 0 Å². The topological polar surface area (TPSA) is 0 Å². The second-order valence-corrected chi connectivity index (χ2v) is 3.96. The molecule has 0 aliphatic carbocycles. The summed E-state index contributed by atoms with van der Waals surface area (Å²) in [6.45, 7) is 3.63. The molecule has 0 unspecified atom stereocenters. The predicted octanol–water partition coefficient (Wildman–Crippen LogP) is 3.22. The maximum Gasteiger partial charge on any atom is 0.0948 e. The van der Waals surface area contributed by atoms with Crippen LogP contribution in [0, 0.1) is 5.41 Å². The fraction of sp³-hybridized carbons (Fsp3) is 0.455. The van der Waals surface area contributed by atoms with Crippen molar-refractivity contribution in [2.24, 2.45) is 5.41 Å². The summed E-state index contributed by atoms with van der Waals surface area (Å²) < 4.78 is 12.5. The van der Waals surface area contributed by atoms with Gasteiger partial charge < -0.3 is 0 Å². The van der Waals surface area contributed by atoms with Crippen molar-refractivity contribution in [3.63, 3.8) is 0 Å². The van der Waals surface area contributed by atoms with Crippen molar-refractivity contribution in [3.8, 4) is 0 Å². The lowest BCUT2D eigenvalue weighted by atomic mass is 9.87. The quantitative estimate of drug-likeness (QED) is 0.646. The molecule has 0 spiro atoms. The highest BCUT2D eigenvalue weighted by molar-refractivity contribution is 5.16. The van der Waals surface area contributed by atoms with Crippen LogP contribution < -0.4 is 0 Å². The number of hydrogen-bond acceptors (Lipinski definition) is 0. The average molecular weight is 166 g/mol. The monoisotopic (exact) mass is 166 g/mol. The molecular formula is C11H15F. The van der Waals surface area contributed by atoms with Crippen molar-refractivity contribution < 1.29 is 4.39 Å². The largest absolute Gasteiger partial charge is 0.251 e. The van der Waals surface area contributed by atoms with E-state index in [9.17, 15) is 4.39 Å². The van der Waals surface area contributed by atoms with Gasteiger partial charge in [-0.05, 0) is 17.4 Å². The van der Waals surface area contributed by atoms with E-state index in [0.29, 0.717) is 0 Å². The molecule has 0 heterocycles. The molecule has 0 nitrogen and oxygen atoms in total. The van der Waals surface area contributed by atoms with Crippen LogP contribution in [0.5, 0.6) is 0 Å². The minimum absolute atomic E-state index is 0.221. The van der Waals surface area contributed by atoms with E-state index in [2.05, 4.69) is 0 Å². The second kappa shape index (κ2) is 3.70. The van der Waals surface area contributed by atoms with Gasteiger partial charge in [0, 0.05) is 0 Å². The number of rotatable bonds is 3. The van der Waals surface area contributed by atoms with Crippen LogP contribution in [-0.4, -0.2) is 6.67 Å². The molecule has 1 heteroatoms. The van der Waals surface area contributed by atoms with E-state index in [4.69, 9.17) is 0 Å². The molecule has 0 N–H and O–H groups in total. The summed E-state index contributed by atoms with van der Waals surface area (Å²) in [4.78, 5) is 0. The molecule has 1 aromatic carbocycles. The van der Waals surface area contributed by atoms with Crippen LogP contribution in [0.2, 0.25) is 0 Å². The molecule has 66 valence electrons. The lowest BCUT2D eigenvalue weighted by molar-refractivity contribution is 0.256. The summed E-state index contributed by atoms with van der Waals surface area (Å²) in [6.07, 6.45) is 0.810. The third kappa shape index (κ3) is 2.65. The van der Waals surface area contributed by atoms with Crippen LogP contribution in [0.15, 0.2) is 30.3 Å². The van der Waals surface area contributed by atoms with E-state index in [-0.39, 0.29) is 12.1 Å². The standard InChI is InChI=1S/C11H15F/c1-11(2,9-12)8-10-6-4-3-5-7-10/h3-7H,8-9H2,1-2H3. The lowest BCUT2D eigenvalue weighted by Gasteiger charge is -2.19. The first-order valence-corrected chi connectivity index (χ1v) is 4.24. The van der Waals surface area contributed by atoms with Gasteiger partial charge in [-0.15, -0.1) is 0 Å². The van der Waals surface area contributed by atoms with Gasteiger partial charge in [0.1, 0.15) is 0 Å². The van der Waals surface area contributed by atoms with Crippen LogP contribution in [0.4, 0.5) is 4.39 Å². The van der Waals surface area contributed by atoms with Crippen LogP contribution in [0.3, 0.4) is 0 Å². The highest BCUT2D eigenvalue weighted by Crippen LogP contribution is 2.21. The molecule has 0 bridgehead atoms. The molecule has 0 saturated heterocycles. The molecule has 0 atom stereocenters. The predicted molar refractivity (Wildman–Crippen MR) is 49.9 cm³/mol. The van der Waals surface area contributed by atoms with E-state index < -0.39 is 0 Å². The van der Waals surface area contributed by atoms with Crippen LogP contribution in [0.25, 0.3) is 0 Å².